The Hall–Kier alpha value is -2.65. The van der Waals surface area contributed by atoms with Gasteiger partial charge in [0.1, 0.15) is 0 Å². The Morgan fingerprint density at radius 1 is 1.13 bits per heavy atom. The molecule has 1 N–H and O–H groups in total. The van der Waals surface area contributed by atoms with Crippen LogP contribution in [0.5, 0.6) is 0 Å². The van der Waals surface area contributed by atoms with Crippen LogP contribution in [0.25, 0.3) is 11.5 Å². The Morgan fingerprint density at radius 2 is 1.97 bits per heavy atom. The van der Waals surface area contributed by atoms with E-state index in [9.17, 15) is 4.79 Å². The molecular weight excluding hydrogens is 396 g/mol. The van der Waals surface area contributed by atoms with Gasteiger partial charge in [-0.3, -0.25) is 4.79 Å². The van der Waals surface area contributed by atoms with Crippen molar-refractivity contribution in [1.82, 2.24) is 20.5 Å². The second-order valence-electron chi connectivity index (χ2n) is 9.56. The van der Waals surface area contributed by atoms with Gasteiger partial charge in [0.25, 0.3) is 0 Å². The molecule has 1 unspecified atom stereocenters. The monoisotopic (exact) mass is 422 g/mol. The van der Waals surface area contributed by atoms with Crippen LogP contribution in [0.15, 0.2) is 22.6 Å². The van der Waals surface area contributed by atoms with Gasteiger partial charge in [-0.05, 0) is 42.4 Å². The number of aromatic nitrogens is 2. The van der Waals surface area contributed by atoms with Gasteiger partial charge in [0.05, 0.1) is 24.9 Å². The molecule has 9 heteroatoms. The third-order valence-corrected chi connectivity index (χ3v) is 7.67. The predicted molar refractivity (Wildman–Crippen MR) is 112 cm³/mol. The summed E-state index contributed by atoms with van der Waals surface area (Å²) in [4.78, 5) is 16.8. The van der Waals surface area contributed by atoms with E-state index in [0.29, 0.717) is 35.2 Å². The Labute approximate surface area is 180 Å². The standard InChI is InChI=1S/C22H26N6O3/c29-20(17-10-22(17)3-4-22)26-5-7-27(8-6-26)21-25-24-19(31-21)14-1-2-15-11-23-28(18(15)9-14)16-12-30-13-16/h1-2,9,16-17,23H,3-8,10-13H2. The zero-order valence-corrected chi connectivity index (χ0v) is 17.4. The molecule has 4 fully saturated rings. The van der Waals surface area contributed by atoms with Gasteiger partial charge in [-0.15, -0.1) is 5.10 Å². The number of nitrogens with one attached hydrogen (secondary N) is 1. The Morgan fingerprint density at radius 3 is 2.68 bits per heavy atom. The molecule has 5 aliphatic rings. The van der Waals surface area contributed by atoms with Gasteiger partial charge in [-0.25, -0.2) is 5.43 Å². The normalized spacial score (nSPS) is 26.2. The fourth-order valence-electron chi connectivity index (χ4n) is 5.23. The molecule has 1 aromatic heterocycles. The minimum Gasteiger partial charge on any atom is -0.403 e. The third-order valence-electron chi connectivity index (χ3n) is 7.67. The van der Waals surface area contributed by atoms with E-state index in [1.165, 1.54) is 18.4 Å². The first kappa shape index (κ1) is 18.0. The van der Waals surface area contributed by atoms with Gasteiger partial charge in [0, 0.05) is 44.2 Å². The second kappa shape index (κ2) is 6.43. The number of benzene rings is 1. The summed E-state index contributed by atoms with van der Waals surface area (Å²) in [5.74, 6) is 1.19. The van der Waals surface area contributed by atoms with Crippen molar-refractivity contribution < 1.29 is 13.9 Å². The molecule has 2 aliphatic carbocycles. The lowest BCUT2D eigenvalue weighted by atomic mass is 10.1. The highest BCUT2D eigenvalue weighted by molar-refractivity contribution is 5.83. The molecule has 2 saturated heterocycles. The van der Waals surface area contributed by atoms with Crippen LogP contribution in [0.1, 0.15) is 24.8 Å². The summed E-state index contributed by atoms with van der Waals surface area (Å²) in [6.07, 6.45) is 3.61. The van der Waals surface area contributed by atoms with E-state index in [1.54, 1.807) is 0 Å². The molecule has 9 nitrogen and oxygen atoms in total. The molecule has 162 valence electrons. The van der Waals surface area contributed by atoms with Crippen LogP contribution in [0.3, 0.4) is 0 Å². The lowest BCUT2D eigenvalue weighted by molar-refractivity contribution is -0.133. The minimum absolute atomic E-state index is 0.300. The topological polar surface area (TPSA) is 87.0 Å². The lowest BCUT2D eigenvalue weighted by Gasteiger charge is -2.36. The number of rotatable bonds is 4. The number of carbonyl (C=O) groups is 1. The highest BCUT2D eigenvalue weighted by Gasteiger charge is 2.66. The maximum absolute atomic E-state index is 12.7. The van der Waals surface area contributed by atoms with Gasteiger partial charge in [-0.2, -0.15) is 0 Å². The molecule has 3 aliphatic heterocycles. The fourth-order valence-corrected chi connectivity index (χ4v) is 5.23. The average molecular weight is 422 g/mol. The van der Waals surface area contributed by atoms with Crippen LogP contribution in [-0.4, -0.2) is 66.4 Å². The van der Waals surface area contributed by atoms with Crippen molar-refractivity contribution in [1.29, 1.82) is 0 Å². The first-order valence-corrected chi connectivity index (χ1v) is 11.3. The maximum atomic E-state index is 12.7. The van der Waals surface area contributed by atoms with Crippen molar-refractivity contribution in [2.45, 2.75) is 31.8 Å². The molecular formula is C22H26N6O3. The van der Waals surface area contributed by atoms with E-state index >= 15 is 0 Å². The number of fused-ring (bicyclic) bond motifs is 1. The van der Waals surface area contributed by atoms with E-state index in [2.05, 4.69) is 37.7 Å². The Balaban J connectivity index is 1.04. The SMILES string of the molecule is O=C(C1CC12CC2)N1CCN(c2nnc(-c3ccc4c(c3)N(C3COC3)NC4)o2)CC1. The average Bonchev–Trinajstić information content (AvgIpc) is 3.57. The van der Waals surface area contributed by atoms with Gasteiger partial charge < -0.3 is 24.0 Å². The van der Waals surface area contributed by atoms with Crippen LogP contribution in [0, 0.1) is 11.3 Å². The summed E-state index contributed by atoms with van der Waals surface area (Å²) < 4.78 is 11.4. The number of piperazine rings is 1. The fraction of sp³-hybridized carbons (Fsp3) is 0.591. The molecule has 7 rings (SSSR count). The molecule has 1 atom stereocenters. The molecule has 2 aromatic rings. The van der Waals surface area contributed by atoms with E-state index in [0.717, 1.165) is 63.6 Å². The van der Waals surface area contributed by atoms with Crippen LogP contribution in [0.4, 0.5) is 11.7 Å². The quantitative estimate of drug-likeness (QED) is 0.792. The largest absolute Gasteiger partial charge is 0.403 e. The van der Waals surface area contributed by atoms with Crippen LogP contribution < -0.4 is 15.3 Å². The van der Waals surface area contributed by atoms with E-state index < -0.39 is 0 Å². The van der Waals surface area contributed by atoms with Crippen molar-refractivity contribution in [3.63, 3.8) is 0 Å². The third kappa shape index (κ3) is 2.86. The van der Waals surface area contributed by atoms with Crippen LogP contribution in [-0.2, 0) is 16.1 Å². The van der Waals surface area contributed by atoms with Crippen LogP contribution >= 0.6 is 0 Å². The summed E-state index contributed by atoms with van der Waals surface area (Å²) in [7, 11) is 0. The number of hydrogen-bond donors (Lipinski definition) is 1. The van der Waals surface area contributed by atoms with Gasteiger partial charge in [0.15, 0.2) is 0 Å². The second-order valence-corrected chi connectivity index (χ2v) is 9.56. The summed E-state index contributed by atoms with van der Waals surface area (Å²) in [5.41, 5.74) is 7.20. The van der Waals surface area contributed by atoms with Crippen molar-refractivity contribution >= 4 is 17.6 Å². The van der Waals surface area contributed by atoms with E-state index in [1.807, 2.05) is 11.0 Å². The summed E-state index contributed by atoms with van der Waals surface area (Å²) >= 11 is 0. The van der Waals surface area contributed by atoms with Crippen molar-refractivity contribution in [2.75, 3.05) is 49.3 Å². The molecule has 0 radical (unpaired) electrons. The van der Waals surface area contributed by atoms with Crippen molar-refractivity contribution in [3.8, 4) is 11.5 Å². The number of amides is 1. The Kier molecular flexibility index (Phi) is 3.73. The summed E-state index contributed by atoms with van der Waals surface area (Å²) in [6.45, 7) is 5.24. The first-order valence-electron chi connectivity index (χ1n) is 11.3. The molecule has 31 heavy (non-hydrogen) atoms. The molecule has 1 aromatic carbocycles. The summed E-state index contributed by atoms with van der Waals surface area (Å²) in [6, 6.07) is 7.19. The number of hydrogen-bond acceptors (Lipinski definition) is 8. The van der Waals surface area contributed by atoms with Gasteiger partial charge >= 0.3 is 6.01 Å². The highest BCUT2D eigenvalue weighted by atomic mass is 16.5. The van der Waals surface area contributed by atoms with Gasteiger partial charge in [0.2, 0.25) is 11.8 Å². The molecule has 4 heterocycles. The zero-order chi connectivity index (χ0) is 20.6. The number of hydrazine groups is 1. The lowest BCUT2D eigenvalue weighted by Crippen LogP contribution is -2.53. The summed E-state index contributed by atoms with van der Waals surface area (Å²) in [5, 5.41) is 10.8. The highest BCUT2D eigenvalue weighted by Crippen LogP contribution is 2.71. The predicted octanol–water partition coefficient (Wildman–Crippen LogP) is 1.41. The number of anilines is 2. The Bertz CT molecular complexity index is 1040. The molecule has 2 saturated carbocycles. The minimum atomic E-state index is 0.300. The zero-order valence-electron chi connectivity index (χ0n) is 17.4. The first-order chi connectivity index (χ1) is 15.2. The smallest absolute Gasteiger partial charge is 0.318 e. The van der Waals surface area contributed by atoms with E-state index in [-0.39, 0.29) is 0 Å². The molecule has 0 bridgehead atoms. The van der Waals surface area contributed by atoms with Crippen LogP contribution in [0.2, 0.25) is 0 Å². The van der Waals surface area contributed by atoms with Crippen molar-refractivity contribution in [3.05, 3.63) is 23.8 Å². The van der Waals surface area contributed by atoms with Gasteiger partial charge in [-0.1, -0.05) is 11.2 Å². The number of nitrogens with zero attached hydrogens (tertiary/aromatic N) is 5. The van der Waals surface area contributed by atoms with E-state index in [4.69, 9.17) is 9.15 Å². The molecule has 1 spiro atoms. The number of ether oxygens (including phenoxy) is 1. The van der Waals surface area contributed by atoms with Crippen molar-refractivity contribution in [2.24, 2.45) is 11.3 Å². The maximum Gasteiger partial charge on any atom is 0.318 e. The molecule has 1 amide bonds. The number of carbonyl (C=O) groups excluding carboxylic acids is 1.